The molecule has 0 aromatic heterocycles. The summed E-state index contributed by atoms with van der Waals surface area (Å²) in [6.45, 7) is 4.36. The van der Waals surface area contributed by atoms with Crippen LogP contribution in [-0.2, 0) is 11.3 Å². The molecule has 1 N–H and O–H groups in total. The fourth-order valence-electron chi connectivity index (χ4n) is 2.05. The van der Waals surface area contributed by atoms with Crippen LogP contribution in [0.4, 0.5) is 4.79 Å². The lowest BCUT2D eigenvalue weighted by atomic mass is 10.1. The Kier molecular flexibility index (Phi) is 6.08. The number of aryl methyl sites for hydroxylation is 2. The van der Waals surface area contributed by atoms with Crippen molar-refractivity contribution in [2.75, 3.05) is 6.54 Å². The molecule has 0 heterocycles. The topological polar surface area (TPSA) is 38.3 Å². The van der Waals surface area contributed by atoms with E-state index in [0.717, 1.165) is 27.3 Å². The van der Waals surface area contributed by atoms with E-state index in [-0.39, 0.29) is 13.2 Å². The number of alkyl carbamates (subject to hydrolysis) is 1. The number of hydrogen-bond acceptors (Lipinski definition) is 2. The number of amides is 1. The minimum Gasteiger partial charge on any atom is -0.445 e. The highest BCUT2D eigenvalue weighted by molar-refractivity contribution is 6.32. The Balaban J connectivity index is 1.80. The average molecular weight is 328 g/mol. The van der Waals surface area contributed by atoms with Crippen LogP contribution in [0, 0.1) is 25.7 Å². The highest BCUT2D eigenvalue weighted by Crippen LogP contribution is 2.21. The van der Waals surface area contributed by atoms with Gasteiger partial charge in [0.1, 0.15) is 6.61 Å². The molecule has 2 rings (SSSR count). The molecule has 0 fully saturated rings. The maximum atomic E-state index is 11.6. The van der Waals surface area contributed by atoms with Crippen molar-refractivity contribution in [1.82, 2.24) is 5.32 Å². The normalized spacial score (nSPS) is 9.70. The molecule has 0 saturated heterocycles. The van der Waals surface area contributed by atoms with Crippen molar-refractivity contribution in [3.63, 3.8) is 0 Å². The summed E-state index contributed by atoms with van der Waals surface area (Å²) >= 11 is 6.12. The van der Waals surface area contributed by atoms with Crippen molar-refractivity contribution in [1.29, 1.82) is 0 Å². The molecule has 0 spiro atoms. The van der Waals surface area contributed by atoms with Crippen LogP contribution in [0.2, 0.25) is 5.02 Å². The van der Waals surface area contributed by atoms with Gasteiger partial charge >= 0.3 is 6.09 Å². The highest BCUT2D eigenvalue weighted by Gasteiger charge is 2.01. The molecule has 4 heteroatoms. The van der Waals surface area contributed by atoms with Gasteiger partial charge in [0.2, 0.25) is 0 Å². The van der Waals surface area contributed by atoms with Crippen LogP contribution in [0.25, 0.3) is 0 Å². The van der Waals surface area contributed by atoms with Crippen LogP contribution in [-0.4, -0.2) is 12.6 Å². The molecule has 0 radical (unpaired) electrons. The number of hydrogen-bond donors (Lipinski definition) is 1. The van der Waals surface area contributed by atoms with Crippen molar-refractivity contribution in [3.8, 4) is 11.8 Å². The summed E-state index contributed by atoms with van der Waals surface area (Å²) in [5.41, 5.74) is 3.81. The van der Waals surface area contributed by atoms with Crippen molar-refractivity contribution < 1.29 is 9.53 Å². The molecule has 0 aliphatic carbocycles. The van der Waals surface area contributed by atoms with Crippen molar-refractivity contribution in [2.24, 2.45) is 0 Å². The van der Waals surface area contributed by atoms with Gasteiger partial charge in [-0.05, 0) is 42.7 Å². The number of ether oxygens (including phenoxy) is 1. The minimum absolute atomic E-state index is 0.231. The van der Waals surface area contributed by atoms with E-state index in [4.69, 9.17) is 16.3 Å². The molecule has 2 aromatic rings. The van der Waals surface area contributed by atoms with E-state index >= 15 is 0 Å². The number of halogens is 1. The zero-order chi connectivity index (χ0) is 16.7. The maximum Gasteiger partial charge on any atom is 0.408 e. The molecule has 0 aliphatic rings. The van der Waals surface area contributed by atoms with Gasteiger partial charge in [-0.1, -0.05) is 53.8 Å². The van der Waals surface area contributed by atoms with Gasteiger partial charge in [0.05, 0.1) is 6.54 Å². The summed E-state index contributed by atoms with van der Waals surface area (Å²) in [6, 6.07) is 13.4. The third-order valence-electron chi connectivity index (χ3n) is 3.20. The first-order valence-corrected chi connectivity index (χ1v) is 7.64. The van der Waals surface area contributed by atoms with Crippen LogP contribution in [0.5, 0.6) is 0 Å². The van der Waals surface area contributed by atoms with Crippen molar-refractivity contribution in [3.05, 3.63) is 69.7 Å². The molecule has 0 unspecified atom stereocenters. The van der Waals surface area contributed by atoms with E-state index in [9.17, 15) is 4.79 Å². The Morgan fingerprint density at radius 2 is 1.83 bits per heavy atom. The van der Waals surface area contributed by atoms with Gasteiger partial charge in [-0.25, -0.2) is 4.79 Å². The molecule has 118 valence electrons. The Morgan fingerprint density at radius 3 is 2.48 bits per heavy atom. The Morgan fingerprint density at radius 1 is 1.17 bits per heavy atom. The monoisotopic (exact) mass is 327 g/mol. The van der Waals surface area contributed by atoms with E-state index in [0.29, 0.717) is 0 Å². The summed E-state index contributed by atoms with van der Waals surface area (Å²) < 4.78 is 5.10. The number of nitrogens with one attached hydrogen (secondary N) is 1. The lowest BCUT2D eigenvalue weighted by Crippen LogP contribution is -2.24. The smallest absolute Gasteiger partial charge is 0.408 e. The summed E-state index contributed by atoms with van der Waals surface area (Å²) in [4.78, 5) is 11.6. The molecule has 1 amide bonds. The standard InChI is InChI=1S/C19H18ClNO2/c1-14-11-17(12-15(2)18(14)20)9-6-10-21-19(22)23-13-16-7-4-3-5-8-16/h3-5,7-8,11-12H,10,13H2,1-2H3,(H,21,22). The first-order valence-electron chi connectivity index (χ1n) is 7.26. The number of rotatable bonds is 3. The lowest BCUT2D eigenvalue weighted by molar-refractivity contribution is 0.141. The Labute approximate surface area is 141 Å². The second-order valence-corrected chi connectivity index (χ2v) is 5.52. The third kappa shape index (κ3) is 5.36. The predicted octanol–water partition coefficient (Wildman–Crippen LogP) is 4.23. The zero-order valence-electron chi connectivity index (χ0n) is 13.2. The van der Waals surface area contributed by atoms with Crippen LogP contribution in [0.15, 0.2) is 42.5 Å². The largest absolute Gasteiger partial charge is 0.445 e. The van der Waals surface area contributed by atoms with Gasteiger partial charge in [-0.15, -0.1) is 0 Å². The van der Waals surface area contributed by atoms with Gasteiger partial charge < -0.3 is 10.1 Å². The van der Waals surface area contributed by atoms with Gasteiger partial charge in [-0.3, -0.25) is 0 Å². The fraction of sp³-hybridized carbons (Fsp3) is 0.211. The molecule has 3 nitrogen and oxygen atoms in total. The molecule has 0 saturated carbocycles. The first-order chi connectivity index (χ1) is 11.1. The summed E-state index contributed by atoms with van der Waals surface area (Å²) in [7, 11) is 0. The van der Waals surface area contributed by atoms with Crippen molar-refractivity contribution >= 4 is 17.7 Å². The number of carbonyl (C=O) groups is 1. The number of benzene rings is 2. The second kappa shape index (κ2) is 8.26. The van der Waals surface area contributed by atoms with Gasteiger partial charge in [0.25, 0.3) is 0 Å². The van der Waals surface area contributed by atoms with E-state index in [1.54, 1.807) is 0 Å². The molecule has 0 bridgehead atoms. The van der Waals surface area contributed by atoms with Crippen LogP contribution >= 0.6 is 11.6 Å². The van der Waals surface area contributed by atoms with Gasteiger partial charge in [-0.2, -0.15) is 0 Å². The summed E-state index contributed by atoms with van der Waals surface area (Å²) in [5, 5.41) is 3.37. The quantitative estimate of drug-likeness (QED) is 0.856. The zero-order valence-corrected chi connectivity index (χ0v) is 13.9. The lowest BCUT2D eigenvalue weighted by Gasteiger charge is -2.04. The van der Waals surface area contributed by atoms with Crippen LogP contribution in [0.1, 0.15) is 22.3 Å². The van der Waals surface area contributed by atoms with E-state index in [2.05, 4.69) is 17.2 Å². The predicted molar refractivity (Wildman–Crippen MR) is 92.4 cm³/mol. The van der Waals surface area contributed by atoms with Crippen LogP contribution < -0.4 is 5.32 Å². The Bertz CT molecular complexity index is 722. The highest BCUT2D eigenvalue weighted by atomic mass is 35.5. The van der Waals surface area contributed by atoms with E-state index in [1.807, 2.05) is 56.3 Å². The molecular formula is C19H18ClNO2. The minimum atomic E-state index is -0.480. The first kappa shape index (κ1) is 16.9. The Hall–Kier alpha value is -2.44. The van der Waals surface area contributed by atoms with E-state index in [1.165, 1.54) is 0 Å². The molecule has 2 aromatic carbocycles. The summed E-state index contributed by atoms with van der Waals surface area (Å²) in [6.07, 6.45) is -0.480. The molecule has 0 aliphatic heterocycles. The van der Waals surface area contributed by atoms with Crippen molar-refractivity contribution in [2.45, 2.75) is 20.5 Å². The number of carbonyl (C=O) groups excluding carboxylic acids is 1. The molecular weight excluding hydrogens is 310 g/mol. The van der Waals surface area contributed by atoms with Gasteiger partial charge in [0, 0.05) is 10.6 Å². The fourth-order valence-corrected chi connectivity index (χ4v) is 2.16. The molecule has 23 heavy (non-hydrogen) atoms. The summed E-state index contributed by atoms with van der Waals surface area (Å²) in [5.74, 6) is 5.90. The maximum absolute atomic E-state index is 11.6. The molecule has 0 atom stereocenters. The third-order valence-corrected chi connectivity index (χ3v) is 3.80. The second-order valence-electron chi connectivity index (χ2n) is 5.14. The van der Waals surface area contributed by atoms with E-state index < -0.39 is 6.09 Å². The SMILES string of the molecule is Cc1cc(C#CCNC(=O)OCc2ccccc2)cc(C)c1Cl. The van der Waals surface area contributed by atoms with Crippen LogP contribution in [0.3, 0.4) is 0 Å². The average Bonchev–Trinajstić information content (AvgIpc) is 2.55. The van der Waals surface area contributed by atoms with Gasteiger partial charge in [0.15, 0.2) is 0 Å².